The second-order valence-corrected chi connectivity index (χ2v) is 4.03. The largest absolute Gasteiger partial charge is 0.380 e. The van der Waals surface area contributed by atoms with Gasteiger partial charge in [0.2, 0.25) is 0 Å². The van der Waals surface area contributed by atoms with Crippen LogP contribution in [0.1, 0.15) is 30.9 Å². The highest BCUT2D eigenvalue weighted by Crippen LogP contribution is 2.11. The maximum Gasteiger partial charge on any atom is 0.145 e. The van der Waals surface area contributed by atoms with Gasteiger partial charge in [0.15, 0.2) is 0 Å². The van der Waals surface area contributed by atoms with E-state index >= 15 is 0 Å². The molecule has 0 heterocycles. The van der Waals surface area contributed by atoms with Crippen LogP contribution in [0.2, 0.25) is 0 Å². The van der Waals surface area contributed by atoms with Crippen LogP contribution in [0.5, 0.6) is 0 Å². The van der Waals surface area contributed by atoms with E-state index < -0.39 is 5.82 Å². The maximum absolute atomic E-state index is 13.7. The molecule has 0 saturated carbocycles. The molecule has 0 aliphatic carbocycles. The first-order valence-corrected chi connectivity index (χ1v) is 6.25. The van der Waals surface area contributed by atoms with Gasteiger partial charge in [-0.05, 0) is 12.5 Å². The molecule has 1 aromatic rings. The molecule has 1 rings (SSSR count). The molecule has 18 heavy (non-hydrogen) atoms. The fraction of sp³-hybridized carbons (Fsp3) is 0.500. The fourth-order valence-electron chi connectivity index (χ4n) is 1.52. The topological polar surface area (TPSA) is 45.0 Å². The number of hydrogen-bond acceptors (Lipinski definition) is 3. The third kappa shape index (κ3) is 4.82. The van der Waals surface area contributed by atoms with Gasteiger partial charge in [-0.1, -0.05) is 25.5 Å². The minimum atomic E-state index is -0.431. The Balaban J connectivity index is 2.26. The third-order valence-corrected chi connectivity index (χ3v) is 2.58. The summed E-state index contributed by atoms with van der Waals surface area (Å²) in [6.07, 6.45) is 2.19. The molecule has 0 aliphatic heterocycles. The Morgan fingerprint density at radius 3 is 2.94 bits per heavy atom. The molecule has 0 bridgehead atoms. The van der Waals surface area contributed by atoms with Crippen LogP contribution in [-0.2, 0) is 11.3 Å². The van der Waals surface area contributed by atoms with Crippen molar-refractivity contribution < 1.29 is 9.13 Å². The van der Waals surface area contributed by atoms with Crippen molar-refractivity contribution in [1.82, 2.24) is 5.32 Å². The van der Waals surface area contributed by atoms with Crippen LogP contribution in [0.25, 0.3) is 0 Å². The van der Waals surface area contributed by atoms with Gasteiger partial charge in [-0.2, -0.15) is 5.26 Å². The summed E-state index contributed by atoms with van der Waals surface area (Å²) in [7, 11) is 0. The summed E-state index contributed by atoms with van der Waals surface area (Å²) in [5.74, 6) is -0.431. The Bertz CT molecular complexity index is 401. The number of nitrogens with one attached hydrogen (secondary N) is 1. The van der Waals surface area contributed by atoms with Crippen LogP contribution in [0.4, 0.5) is 4.39 Å². The molecule has 98 valence electrons. The highest BCUT2D eigenvalue weighted by Gasteiger charge is 2.06. The Morgan fingerprint density at radius 2 is 2.22 bits per heavy atom. The van der Waals surface area contributed by atoms with Crippen LogP contribution >= 0.6 is 0 Å². The van der Waals surface area contributed by atoms with Crippen molar-refractivity contribution in [2.24, 2.45) is 0 Å². The highest BCUT2D eigenvalue weighted by molar-refractivity contribution is 5.34. The zero-order chi connectivity index (χ0) is 13.2. The fourth-order valence-corrected chi connectivity index (χ4v) is 1.52. The van der Waals surface area contributed by atoms with E-state index in [0.717, 1.165) is 19.4 Å². The number of halogens is 1. The highest BCUT2D eigenvalue weighted by atomic mass is 19.1. The van der Waals surface area contributed by atoms with Gasteiger partial charge in [0.1, 0.15) is 11.9 Å². The zero-order valence-corrected chi connectivity index (χ0v) is 10.7. The molecule has 0 saturated heterocycles. The molecule has 1 N–H and O–H groups in total. The van der Waals surface area contributed by atoms with E-state index in [-0.39, 0.29) is 5.56 Å². The number of rotatable bonds is 8. The van der Waals surface area contributed by atoms with Gasteiger partial charge in [-0.25, -0.2) is 4.39 Å². The zero-order valence-electron chi connectivity index (χ0n) is 10.7. The van der Waals surface area contributed by atoms with Crippen molar-refractivity contribution >= 4 is 0 Å². The van der Waals surface area contributed by atoms with Gasteiger partial charge in [0.25, 0.3) is 0 Å². The van der Waals surface area contributed by atoms with E-state index in [1.165, 1.54) is 6.07 Å². The minimum Gasteiger partial charge on any atom is -0.380 e. The summed E-state index contributed by atoms with van der Waals surface area (Å²) in [4.78, 5) is 0. The van der Waals surface area contributed by atoms with Crippen molar-refractivity contribution in [1.29, 1.82) is 5.26 Å². The van der Waals surface area contributed by atoms with E-state index in [1.807, 2.05) is 6.07 Å². The van der Waals surface area contributed by atoms with E-state index in [9.17, 15) is 4.39 Å². The van der Waals surface area contributed by atoms with Gasteiger partial charge in [-0.3, -0.25) is 0 Å². The van der Waals surface area contributed by atoms with Crippen LogP contribution in [-0.4, -0.2) is 19.8 Å². The first-order chi connectivity index (χ1) is 8.79. The molecule has 0 aromatic heterocycles. The summed E-state index contributed by atoms with van der Waals surface area (Å²) >= 11 is 0. The van der Waals surface area contributed by atoms with Crippen LogP contribution in [0.3, 0.4) is 0 Å². The predicted octanol–water partition coefficient (Wildman–Crippen LogP) is 2.60. The summed E-state index contributed by atoms with van der Waals surface area (Å²) in [6, 6.07) is 6.68. The lowest BCUT2D eigenvalue weighted by Crippen LogP contribution is -2.20. The lowest BCUT2D eigenvalue weighted by molar-refractivity contribution is 0.133. The van der Waals surface area contributed by atoms with E-state index in [4.69, 9.17) is 10.00 Å². The molecule has 0 radical (unpaired) electrons. The summed E-state index contributed by atoms with van der Waals surface area (Å²) in [6.45, 7) is 4.61. The Morgan fingerprint density at radius 1 is 1.39 bits per heavy atom. The lowest BCUT2D eigenvalue weighted by atomic mass is 10.1. The van der Waals surface area contributed by atoms with Crippen LogP contribution in [0, 0.1) is 17.1 Å². The first kappa shape index (κ1) is 14.6. The number of ether oxygens (including phenoxy) is 1. The molecule has 0 amide bonds. The molecule has 3 nitrogen and oxygen atoms in total. The van der Waals surface area contributed by atoms with E-state index in [2.05, 4.69) is 12.2 Å². The van der Waals surface area contributed by atoms with Crippen molar-refractivity contribution in [3.63, 3.8) is 0 Å². The van der Waals surface area contributed by atoms with Crippen molar-refractivity contribution in [2.45, 2.75) is 26.3 Å². The van der Waals surface area contributed by atoms with E-state index in [1.54, 1.807) is 12.1 Å². The average molecular weight is 250 g/mol. The Labute approximate surface area is 108 Å². The smallest absolute Gasteiger partial charge is 0.145 e. The molecule has 1 aromatic carbocycles. The number of hydrogen-bond donors (Lipinski definition) is 1. The van der Waals surface area contributed by atoms with Gasteiger partial charge < -0.3 is 10.1 Å². The number of benzene rings is 1. The summed E-state index contributed by atoms with van der Waals surface area (Å²) in [5.41, 5.74) is 0.608. The Hall–Kier alpha value is -1.44. The van der Waals surface area contributed by atoms with Crippen LogP contribution < -0.4 is 5.32 Å². The Kier molecular flexibility index (Phi) is 7.00. The molecule has 0 fully saturated rings. The van der Waals surface area contributed by atoms with E-state index in [0.29, 0.717) is 25.3 Å². The van der Waals surface area contributed by atoms with Gasteiger partial charge in [0, 0.05) is 25.3 Å². The molecule has 0 aliphatic rings. The lowest BCUT2D eigenvalue weighted by Gasteiger charge is -2.07. The second kappa shape index (κ2) is 8.62. The quantitative estimate of drug-likeness (QED) is 0.721. The molecule has 0 spiro atoms. The summed E-state index contributed by atoms with van der Waals surface area (Å²) in [5, 5.41) is 11.8. The SMILES string of the molecule is CCCCOCCNCc1cccc(C#N)c1F. The minimum absolute atomic E-state index is 0.0912. The molecular weight excluding hydrogens is 231 g/mol. The number of nitrogens with zero attached hydrogens (tertiary/aromatic N) is 1. The molecule has 0 atom stereocenters. The summed E-state index contributed by atoms with van der Waals surface area (Å²) < 4.78 is 19.0. The van der Waals surface area contributed by atoms with Gasteiger partial charge in [0.05, 0.1) is 12.2 Å². The third-order valence-electron chi connectivity index (χ3n) is 2.58. The van der Waals surface area contributed by atoms with Crippen LogP contribution in [0.15, 0.2) is 18.2 Å². The monoisotopic (exact) mass is 250 g/mol. The first-order valence-electron chi connectivity index (χ1n) is 6.25. The molecule has 4 heteroatoms. The number of nitriles is 1. The molecule has 0 unspecified atom stereocenters. The average Bonchev–Trinajstić information content (AvgIpc) is 2.39. The maximum atomic E-state index is 13.7. The van der Waals surface area contributed by atoms with Crippen molar-refractivity contribution in [3.8, 4) is 6.07 Å². The second-order valence-electron chi connectivity index (χ2n) is 4.03. The van der Waals surface area contributed by atoms with Gasteiger partial charge in [-0.15, -0.1) is 0 Å². The van der Waals surface area contributed by atoms with Crippen molar-refractivity contribution in [3.05, 3.63) is 35.1 Å². The normalized spacial score (nSPS) is 10.3. The van der Waals surface area contributed by atoms with Gasteiger partial charge >= 0.3 is 0 Å². The predicted molar refractivity (Wildman–Crippen MR) is 68.5 cm³/mol. The molecular formula is C14H19FN2O. The standard InChI is InChI=1S/C14H19FN2O/c1-2-3-8-18-9-7-17-11-13-6-4-5-12(10-16)14(13)15/h4-6,17H,2-3,7-9,11H2,1H3. The number of unbranched alkanes of at least 4 members (excludes halogenated alkanes) is 1. The van der Waals surface area contributed by atoms with Crippen molar-refractivity contribution in [2.75, 3.05) is 19.8 Å².